The Morgan fingerprint density at radius 2 is 1.82 bits per heavy atom. The Hall–Kier alpha value is -4.02. The molecule has 168 valence electrons. The van der Waals surface area contributed by atoms with Gasteiger partial charge in [0.05, 0.1) is 12.1 Å². The number of nitrogens with zero attached hydrogens (tertiary/aromatic N) is 3. The molecule has 5 rings (SSSR count). The number of hydrogen-bond acceptors (Lipinski definition) is 5. The van der Waals surface area contributed by atoms with E-state index in [4.69, 9.17) is 17.3 Å². The van der Waals surface area contributed by atoms with Crippen molar-refractivity contribution in [2.45, 2.75) is 18.0 Å². The Balaban J connectivity index is 1.80. The van der Waals surface area contributed by atoms with Crippen LogP contribution in [0.1, 0.15) is 27.4 Å². The molecule has 1 amide bonds. The van der Waals surface area contributed by atoms with Crippen LogP contribution in [0.2, 0.25) is 5.02 Å². The maximum absolute atomic E-state index is 14.0. The second-order valence-electron chi connectivity index (χ2n) is 8.33. The fraction of sp³-hybridized carbons (Fsp3) is 0.154. The van der Waals surface area contributed by atoms with Gasteiger partial charge in [0.15, 0.2) is 11.2 Å². The van der Waals surface area contributed by atoms with E-state index in [0.29, 0.717) is 27.4 Å². The molecular formula is C26H18ClFN4O2. The van der Waals surface area contributed by atoms with Crippen molar-refractivity contribution in [3.8, 4) is 6.07 Å². The fourth-order valence-electron chi connectivity index (χ4n) is 5.19. The Labute approximate surface area is 200 Å². The summed E-state index contributed by atoms with van der Waals surface area (Å²) in [5, 5.41) is 10.9. The lowest BCUT2D eigenvalue weighted by molar-refractivity contribution is -0.125. The van der Waals surface area contributed by atoms with E-state index < -0.39 is 35.1 Å². The molecule has 34 heavy (non-hydrogen) atoms. The van der Waals surface area contributed by atoms with E-state index >= 15 is 0 Å². The molecule has 6 nitrogen and oxygen atoms in total. The molecule has 0 saturated carbocycles. The highest BCUT2D eigenvalue weighted by atomic mass is 35.5. The number of aromatic nitrogens is 1. The number of nitrogens with two attached hydrogens (primary N) is 1. The van der Waals surface area contributed by atoms with Crippen LogP contribution in [0.25, 0.3) is 6.08 Å². The second-order valence-corrected chi connectivity index (χ2v) is 8.77. The first kappa shape index (κ1) is 21.8. The quantitative estimate of drug-likeness (QED) is 0.576. The number of primary amides is 1. The number of halogens is 2. The zero-order valence-corrected chi connectivity index (χ0v) is 18.5. The maximum atomic E-state index is 14.0. The van der Waals surface area contributed by atoms with Crippen LogP contribution < -0.4 is 10.6 Å². The summed E-state index contributed by atoms with van der Waals surface area (Å²) in [6, 6.07) is 14.3. The van der Waals surface area contributed by atoms with Gasteiger partial charge in [0.25, 0.3) is 0 Å². The zero-order chi connectivity index (χ0) is 24.0. The summed E-state index contributed by atoms with van der Waals surface area (Å²) in [4.78, 5) is 32.9. The van der Waals surface area contributed by atoms with Gasteiger partial charge in [-0.3, -0.25) is 14.6 Å². The number of ketones is 1. The molecule has 4 atom stereocenters. The molecule has 1 aromatic heterocycles. The number of benzene rings is 2. The SMILES string of the molecule is N#CC1(C(N)=O)C(c2ccncc2)C(C(=O)c2ccc(Cl)cc2)N2c3ccc(F)cc3C=CC21. The van der Waals surface area contributed by atoms with E-state index in [-0.39, 0.29) is 5.78 Å². The van der Waals surface area contributed by atoms with Crippen molar-refractivity contribution < 1.29 is 14.0 Å². The van der Waals surface area contributed by atoms with Crippen LogP contribution in [0.3, 0.4) is 0 Å². The summed E-state index contributed by atoms with van der Waals surface area (Å²) < 4.78 is 14.0. The lowest BCUT2D eigenvalue weighted by Gasteiger charge is -2.36. The van der Waals surface area contributed by atoms with Crippen molar-refractivity contribution in [2.24, 2.45) is 11.1 Å². The fourth-order valence-corrected chi connectivity index (χ4v) is 5.31. The van der Waals surface area contributed by atoms with Gasteiger partial charge in [0, 0.05) is 40.1 Å². The topological polar surface area (TPSA) is 100 Å². The van der Waals surface area contributed by atoms with Gasteiger partial charge >= 0.3 is 0 Å². The molecule has 3 heterocycles. The van der Waals surface area contributed by atoms with Gasteiger partial charge in [-0.25, -0.2) is 4.39 Å². The Morgan fingerprint density at radius 3 is 2.47 bits per heavy atom. The second kappa shape index (κ2) is 8.08. The lowest BCUT2D eigenvalue weighted by atomic mass is 9.67. The number of carbonyl (C=O) groups excluding carboxylic acids is 2. The number of Topliss-reactive ketones (excluding diaryl/α,β-unsaturated/α-hetero) is 1. The molecule has 0 bridgehead atoms. The highest BCUT2D eigenvalue weighted by Gasteiger charge is 2.65. The first-order valence-corrected chi connectivity index (χ1v) is 10.9. The minimum absolute atomic E-state index is 0.313. The largest absolute Gasteiger partial charge is 0.368 e. The summed E-state index contributed by atoms with van der Waals surface area (Å²) in [6.45, 7) is 0. The van der Waals surface area contributed by atoms with Crippen LogP contribution in [-0.4, -0.2) is 28.8 Å². The molecule has 0 spiro atoms. The monoisotopic (exact) mass is 472 g/mol. The minimum Gasteiger partial charge on any atom is -0.368 e. The van der Waals surface area contributed by atoms with Crippen LogP contribution in [0.15, 0.2) is 73.1 Å². The molecule has 1 fully saturated rings. The molecule has 2 aromatic carbocycles. The minimum atomic E-state index is -1.77. The Bertz CT molecular complexity index is 1370. The third-order valence-corrected chi connectivity index (χ3v) is 6.91. The summed E-state index contributed by atoms with van der Waals surface area (Å²) in [7, 11) is 0. The van der Waals surface area contributed by atoms with Crippen LogP contribution in [0.4, 0.5) is 10.1 Å². The summed E-state index contributed by atoms with van der Waals surface area (Å²) >= 11 is 6.02. The molecule has 8 heteroatoms. The van der Waals surface area contributed by atoms with Crippen molar-refractivity contribution in [3.05, 3.63) is 101 Å². The average molecular weight is 473 g/mol. The first-order valence-electron chi connectivity index (χ1n) is 10.6. The predicted molar refractivity (Wildman–Crippen MR) is 125 cm³/mol. The van der Waals surface area contributed by atoms with Crippen molar-refractivity contribution in [1.29, 1.82) is 5.26 Å². The van der Waals surface area contributed by atoms with E-state index in [1.165, 1.54) is 12.1 Å². The Kier molecular flexibility index (Phi) is 5.18. The first-order chi connectivity index (χ1) is 16.4. The lowest BCUT2D eigenvalue weighted by Crippen LogP contribution is -2.49. The summed E-state index contributed by atoms with van der Waals surface area (Å²) in [5.41, 5.74) is 6.17. The van der Waals surface area contributed by atoms with Crippen LogP contribution in [0.5, 0.6) is 0 Å². The van der Waals surface area contributed by atoms with Gasteiger partial charge in [0.1, 0.15) is 11.9 Å². The van der Waals surface area contributed by atoms with Crippen LogP contribution >= 0.6 is 11.6 Å². The third-order valence-electron chi connectivity index (χ3n) is 6.65. The number of hydrogen-bond donors (Lipinski definition) is 1. The van der Waals surface area contributed by atoms with Gasteiger partial charge in [0.2, 0.25) is 5.91 Å². The van der Waals surface area contributed by atoms with E-state index in [2.05, 4.69) is 11.1 Å². The van der Waals surface area contributed by atoms with Crippen LogP contribution in [0, 0.1) is 22.6 Å². The molecule has 2 aliphatic heterocycles. The molecule has 0 aliphatic carbocycles. The number of nitriles is 1. The molecule has 3 aromatic rings. The molecule has 1 saturated heterocycles. The molecule has 2 N–H and O–H groups in total. The molecule has 4 unspecified atom stereocenters. The number of anilines is 1. The molecule has 0 radical (unpaired) electrons. The molecular weight excluding hydrogens is 455 g/mol. The smallest absolute Gasteiger partial charge is 0.241 e. The van der Waals surface area contributed by atoms with E-state index in [0.717, 1.165) is 0 Å². The summed E-state index contributed by atoms with van der Waals surface area (Å²) in [6.07, 6.45) is 6.39. The highest BCUT2D eigenvalue weighted by molar-refractivity contribution is 6.30. The summed E-state index contributed by atoms with van der Waals surface area (Å²) in [5.74, 6) is -2.50. The van der Waals surface area contributed by atoms with E-state index in [1.54, 1.807) is 71.9 Å². The van der Waals surface area contributed by atoms with Gasteiger partial charge in [-0.2, -0.15) is 5.26 Å². The standard InChI is InChI=1S/C26H18ClFN4O2/c27-18-4-1-16(2-5-18)24(33)23-22(15-9-11-31-12-10-15)26(14-29,25(30)34)21-8-3-17-13-19(28)6-7-20(17)32(21)23/h1-13,21-23H,(H2,30,34). The molecule has 2 aliphatic rings. The van der Waals surface area contributed by atoms with E-state index in [9.17, 15) is 19.2 Å². The highest BCUT2D eigenvalue weighted by Crippen LogP contribution is 2.55. The average Bonchev–Trinajstić information content (AvgIpc) is 3.16. The van der Waals surface area contributed by atoms with Gasteiger partial charge in [-0.15, -0.1) is 0 Å². The third kappa shape index (κ3) is 3.11. The van der Waals surface area contributed by atoms with Crippen molar-refractivity contribution in [3.63, 3.8) is 0 Å². The van der Waals surface area contributed by atoms with Gasteiger partial charge < -0.3 is 10.6 Å². The number of pyridine rings is 1. The predicted octanol–water partition coefficient (Wildman–Crippen LogP) is 4.12. The van der Waals surface area contributed by atoms with Crippen LogP contribution in [-0.2, 0) is 4.79 Å². The van der Waals surface area contributed by atoms with Crippen molar-refractivity contribution in [1.82, 2.24) is 4.98 Å². The number of fused-ring (bicyclic) bond motifs is 3. The maximum Gasteiger partial charge on any atom is 0.241 e. The Morgan fingerprint density at radius 1 is 1.12 bits per heavy atom. The van der Waals surface area contributed by atoms with Crippen molar-refractivity contribution in [2.75, 3.05) is 4.90 Å². The number of rotatable bonds is 4. The zero-order valence-electron chi connectivity index (χ0n) is 17.7. The number of amides is 1. The number of carbonyl (C=O) groups is 2. The van der Waals surface area contributed by atoms with Crippen molar-refractivity contribution >= 4 is 35.1 Å². The van der Waals surface area contributed by atoms with Gasteiger partial charge in [-0.1, -0.05) is 23.8 Å². The van der Waals surface area contributed by atoms with E-state index in [1.807, 2.05) is 0 Å². The van der Waals surface area contributed by atoms with Gasteiger partial charge in [-0.05, 0) is 60.2 Å². The normalized spacial score (nSPS) is 24.7.